The van der Waals surface area contributed by atoms with Crippen LogP contribution in [0.2, 0.25) is 0 Å². The molecule has 0 spiro atoms. The van der Waals surface area contributed by atoms with Gasteiger partial charge < -0.3 is 0 Å². The molecule has 0 aliphatic rings. The lowest BCUT2D eigenvalue weighted by atomic mass is 9.96. The first-order valence-corrected chi connectivity index (χ1v) is 8.64. The molecule has 0 amide bonds. The zero-order valence-electron chi connectivity index (χ0n) is 13.3. The van der Waals surface area contributed by atoms with Crippen LogP contribution in [0.5, 0.6) is 0 Å². The summed E-state index contributed by atoms with van der Waals surface area (Å²) in [5.41, 5.74) is 0. The Morgan fingerprint density at radius 3 is 1.78 bits per heavy atom. The molecule has 0 aromatic heterocycles. The van der Waals surface area contributed by atoms with E-state index in [0.29, 0.717) is 0 Å². The van der Waals surface area contributed by atoms with Crippen molar-refractivity contribution in [1.29, 1.82) is 0 Å². The van der Waals surface area contributed by atoms with Crippen LogP contribution in [0.1, 0.15) is 104 Å². The topological polar surface area (TPSA) is 0 Å². The van der Waals surface area contributed by atoms with Gasteiger partial charge >= 0.3 is 0 Å². The maximum absolute atomic E-state index is 2.57. The molecule has 0 aromatic rings. The van der Waals surface area contributed by atoms with Gasteiger partial charge in [-0.1, -0.05) is 97.8 Å². The molecule has 1 atom stereocenters. The minimum atomic E-state index is 0.849. The van der Waals surface area contributed by atoms with Crippen LogP contribution < -0.4 is 0 Å². The minimum absolute atomic E-state index is 0.849. The molecule has 0 heteroatoms. The summed E-state index contributed by atoms with van der Waals surface area (Å²) in [6, 6.07) is 0. The fourth-order valence-corrected chi connectivity index (χ4v) is 2.51. The summed E-state index contributed by atoms with van der Waals surface area (Å²) in [5.74, 6) is 0.849. The Morgan fingerprint density at radius 2 is 1.17 bits per heavy atom. The second-order valence-corrected chi connectivity index (χ2v) is 5.97. The van der Waals surface area contributed by atoms with Gasteiger partial charge in [-0.2, -0.15) is 0 Å². The largest absolute Gasteiger partial charge is 0.0654 e. The molecule has 1 unspecified atom stereocenters. The molecule has 0 fully saturated rings. The zero-order valence-corrected chi connectivity index (χ0v) is 13.3. The highest BCUT2D eigenvalue weighted by Gasteiger charge is 2.02. The maximum atomic E-state index is 2.57. The first-order valence-electron chi connectivity index (χ1n) is 8.64. The van der Waals surface area contributed by atoms with E-state index in [1.807, 2.05) is 0 Å². The number of unbranched alkanes of at least 4 members (excludes halogenated alkanes) is 10. The Morgan fingerprint density at radius 1 is 0.667 bits per heavy atom. The average molecular weight is 253 g/mol. The Kier molecular flexibility index (Phi) is 15.1. The first-order chi connectivity index (χ1) is 8.81. The normalized spacial score (nSPS) is 12.8. The molecular formula is C18H37. The van der Waals surface area contributed by atoms with Crippen LogP contribution in [0.3, 0.4) is 0 Å². The predicted molar refractivity (Wildman–Crippen MR) is 84.8 cm³/mol. The van der Waals surface area contributed by atoms with Crippen molar-refractivity contribution in [2.24, 2.45) is 5.92 Å². The van der Waals surface area contributed by atoms with Gasteiger partial charge in [0.1, 0.15) is 0 Å². The Labute approximate surface area is 117 Å². The quantitative estimate of drug-likeness (QED) is 0.294. The predicted octanol–water partition coefficient (Wildman–Crippen LogP) is 6.94. The SMILES string of the molecule is CCCCCCCC[CH]C(C)CCCCCCC. The number of rotatable bonds is 14. The van der Waals surface area contributed by atoms with Crippen LogP contribution in [0.4, 0.5) is 0 Å². The van der Waals surface area contributed by atoms with Crippen LogP contribution in [0.25, 0.3) is 0 Å². The van der Waals surface area contributed by atoms with E-state index in [1.165, 1.54) is 83.5 Å². The number of hydrogen-bond acceptors (Lipinski definition) is 0. The van der Waals surface area contributed by atoms with Crippen LogP contribution in [-0.4, -0.2) is 0 Å². The van der Waals surface area contributed by atoms with E-state index in [0.717, 1.165) is 5.92 Å². The van der Waals surface area contributed by atoms with E-state index >= 15 is 0 Å². The average Bonchev–Trinajstić information content (AvgIpc) is 2.37. The molecule has 0 aliphatic carbocycles. The lowest BCUT2D eigenvalue weighted by Gasteiger charge is -2.10. The highest BCUT2D eigenvalue weighted by molar-refractivity contribution is 4.72. The van der Waals surface area contributed by atoms with E-state index in [2.05, 4.69) is 27.2 Å². The Balaban J connectivity index is 3.09. The summed E-state index contributed by atoms with van der Waals surface area (Å²) in [4.78, 5) is 0. The van der Waals surface area contributed by atoms with Gasteiger partial charge in [-0.15, -0.1) is 0 Å². The smallest absolute Gasteiger partial charge is 0.0358 e. The molecule has 0 aromatic carbocycles. The van der Waals surface area contributed by atoms with Gasteiger partial charge in [-0.05, 0) is 18.8 Å². The fraction of sp³-hybridized carbons (Fsp3) is 0.944. The summed E-state index contributed by atoms with van der Waals surface area (Å²) in [7, 11) is 0. The van der Waals surface area contributed by atoms with Crippen molar-refractivity contribution in [2.75, 3.05) is 0 Å². The van der Waals surface area contributed by atoms with Crippen molar-refractivity contribution in [3.8, 4) is 0 Å². The highest BCUT2D eigenvalue weighted by atomic mass is 14.1. The second-order valence-electron chi connectivity index (χ2n) is 5.97. The van der Waals surface area contributed by atoms with Crippen LogP contribution in [-0.2, 0) is 0 Å². The second kappa shape index (κ2) is 15.1. The molecular weight excluding hydrogens is 216 g/mol. The molecule has 0 nitrogen and oxygen atoms in total. The maximum Gasteiger partial charge on any atom is -0.0358 e. The van der Waals surface area contributed by atoms with Gasteiger partial charge in [0.25, 0.3) is 0 Å². The monoisotopic (exact) mass is 253 g/mol. The standard InChI is InChI=1S/C18H37/c1-4-6-8-10-11-13-15-17-18(3)16-14-12-9-7-5-2/h17-18H,4-16H2,1-3H3. The molecule has 0 aliphatic heterocycles. The van der Waals surface area contributed by atoms with Crippen molar-refractivity contribution in [1.82, 2.24) is 0 Å². The van der Waals surface area contributed by atoms with E-state index < -0.39 is 0 Å². The molecule has 0 heterocycles. The minimum Gasteiger partial charge on any atom is -0.0654 e. The summed E-state index contributed by atoms with van der Waals surface area (Å²) < 4.78 is 0. The van der Waals surface area contributed by atoms with E-state index in [1.54, 1.807) is 0 Å². The summed E-state index contributed by atoms with van der Waals surface area (Å²) >= 11 is 0. The molecule has 0 N–H and O–H groups in total. The van der Waals surface area contributed by atoms with Crippen LogP contribution >= 0.6 is 0 Å². The van der Waals surface area contributed by atoms with Gasteiger partial charge in [-0.3, -0.25) is 0 Å². The van der Waals surface area contributed by atoms with E-state index in [4.69, 9.17) is 0 Å². The zero-order chi connectivity index (χ0) is 13.5. The fourth-order valence-electron chi connectivity index (χ4n) is 2.51. The van der Waals surface area contributed by atoms with Gasteiger partial charge in [0.05, 0.1) is 0 Å². The summed E-state index contributed by atoms with van der Waals surface area (Å²) in [5, 5.41) is 0. The Bertz CT molecular complexity index is 139. The van der Waals surface area contributed by atoms with Crippen molar-refractivity contribution in [2.45, 2.75) is 104 Å². The third-order valence-electron chi connectivity index (χ3n) is 3.89. The van der Waals surface area contributed by atoms with E-state index in [9.17, 15) is 0 Å². The molecule has 0 saturated carbocycles. The molecule has 0 bridgehead atoms. The van der Waals surface area contributed by atoms with Crippen LogP contribution in [0.15, 0.2) is 0 Å². The van der Waals surface area contributed by atoms with Gasteiger partial charge in [-0.25, -0.2) is 0 Å². The van der Waals surface area contributed by atoms with Crippen molar-refractivity contribution in [3.05, 3.63) is 6.42 Å². The lowest BCUT2D eigenvalue weighted by Crippen LogP contribution is -1.96. The van der Waals surface area contributed by atoms with Gasteiger partial charge in [0.15, 0.2) is 0 Å². The molecule has 1 radical (unpaired) electrons. The Hall–Kier alpha value is 0. The highest BCUT2D eigenvalue weighted by Crippen LogP contribution is 2.17. The molecule has 18 heavy (non-hydrogen) atoms. The van der Waals surface area contributed by atoms with Gasteiger partial charge in [0, 0.05) is 0 Å². The summed E-state index contributed by atoms with van der Waals surface area (Å²) in [6.45, 7) is 6.98. The lowest BCUT2D eigenvalue weighted by molar-refractivity contribution is 0.507. The van der Waals surface area contributed by atoms with Gasteiger partial charge in [0.2, 0.25) is 0 Å². The molecule has 109 valence electrons. The van der Waals surface area contributed by atoms with Crippen LogP contribution in [0, 0.1) is 12.3 Å². The third-order valence-corrected chi connectivity index (χ3v) is 3.89. The first kappa shape index (κ1) is 18.0. The number of hydrogen-bond donors (Lipinski definition) is 0. The van der Waals surface area contributed by atoms with Crippen molar-refractivity contribution in [3.63, 3.8) is 0 Å². The van der Waals surface area contributed by atoms with Crippen molar-refractivity contribution >= 4 is 0 Å². The summed E-state index contributed by atoms with van der Waals surface area (Å²) in [6.07, 6.45) is 21.0. The third kappa shape index (κ3) is 14.1. The molecule has 0 rings (SSSR count). The molecule has 0 saturated heterocycles. The van der Waals surface area contributed by atoms with E-state index in [-0.39, 0.29) is 0 Å². The van der Waals surface area contributed by atoms with Crippen molar-refractivity contribution < 1.29 is 0 Å².